The molecule has 0 saturated heterocycles. The molecule has 0 aromatic heterocycles. The highest BCUT2D eigenvalue weighted by Gasteiger charge is 2.03. The topological polar surface area (TPSA) is 12.5 Å². The lowest BCUT2D eigenvalue weighted by Gasteiger charge is -2.17. The number of nitrogens with zero attached hydrogens (tertiary/aromatic N) is 1. The summed E-state index contributed by atoms with van der Waals surface area (Å²) < 4.78 is 5.18. The van der Waals surface area contributed by atoms with Crippen LogP contribution in [0.25, 0.3) is 0 Å². The minimum absolute atomic E-state index is 0.715. The molecule has 0 amide bonds. The number of ether oxygens (including phenoxy) is 1. The molecular weight excluding hydrogens is 270 g/mol. The number of hydrogen-bond acceptors (Lipinski definition) is 2. The fraction of sp³-hybridized carbons (Fsp3) is 0.200. The predicted molar refractivity (Wildman–Crippen MR) is 91.8 cm³/mol. The van der Waals surface area contributed by atoms with Crippen LogP contribution < -0.4 is 4.74 Å². The van der Waals surface area contributed by atoms with Gasteiger partial charge in [0, 0.05) is 18.7 Å². The zero-order valence-corrected chi connectivity index (χ0v) is 13.0. The van der Waals surface area contributed by atoms with E-state index in [1.54, 1.807) is 7.11 Å². The lowest BCUT2D eigenvalue weighted by molar-refractivity contribution is 0.332. The summed E-state index contributed by atoms with van der Waals surface area (Å²) in [6.07, 6.45) is 1.91. The monoisotopic (exact) mass is 291 g/mol. The Morgan fingerprint density at radius 2 is 1.82 bits per heavy atom. The van der Waals surface area contributed by atoms with Crippen LogP contribution >= 0.6 is 0 Å². The molecule has 0 aliphatic heterocycles. The Hall–Kier alpha value is -2.50. The second kappa shape index (κ2) is 8.71. The molecule has 0 atom stereocenters. The average molecular weight is 291 g/mol. The second-order valence-corrected chi connectivity index (χ2v) is 4.97. The third-order valence-electron chi connectivity index (χ3n) is 3.26. The van der Waals surface area contributed by atoms with Crippen molar-refractivity contribution in [2.45, 2.75) is 6.54 Å². The minimum atomic E-state index is 0.715. The van der Waals surface area contributed by atoms with Gasteiger partial charge >= 0.3 is 0 Å². The lowest BCUT2D eigenvalue weighted by Crippen LogP contribution is -2.23. The summed E-state index contributed by atoms with van der Waals surface area (Å²) in [6.45, 7) is 6.20. The van der Waals surface area contributed by atoms with Gasteiger partial charge in [-0.25, -0.2) is 0 Å². The van der Waals surface area contributed by atoms with Crippen molar-refractivity contribution in [3.05, 3.63) is 78.4 Å². The van der Waals surface area contributed by atoms with Crippen LogP contribution in [0, 0.1) is 11.8 Å². The molecule has 0 saturated carbocycles. The zero-order valence-electron chi connectivity index (χ0n) is 13.0. The molecule has 2 nitrogen and oxygen atoms in total. The van der Waals surface area contributed by atoms with Crippen LogP contribution in [0.1, 0.15) is 11.1 Å². The van der Waals surface area contributed by atoms with Gasteiger partial charge in [0.05, 0.1) is 13.7 Å². The van der Waals surface area contributed by atoms with Crippen molar-refractivity contribution in [2.75, 3.05) is 20.2 Å². The molecule has 0 unspecified atom stereocenters. The summed E-state index contributed by atoms with van der Waals surface area (Å²) in [5.41, 5.74) is 2.29. The fourth-order valence-electron chi connectivity index (χ4n) is 2.13. The quantitative estimate of drug-likeness (QED) is 0.594. The van der Waals surface area contributed by atoms with E-state index in [4.69, 9.17) is 4.74 Å². The Morgan fingerprint density at radius 1 is 1.09 bits per heavy atom. The van der Waals surface area contributed by atoms with Gasteiger partial charge in [-0.1, -0.05) is 48.2 Å². The van der Waals surface area contributed by atoms with Crippen LogP contribution in [0.15, 0.2) is 67.3 Å². The molecule has 2 aromatic rings. The van der Waals surface area contributed by atoms with E-state index in [0.29, 0.717) is 6.54 Å². The number of rotatable bonds is 6. The Bertz CT molecular complexity index is 635. The molecule has 0 fully saturated rings. The third kappa shape index (κ3) is 5.12. The van der Waals surface area contributed by atoms with Crippen molar-refractivity contribution in [1.82, 2.24) is 4.90 Å². The van der Waals surface area contributed by atoms with Crippen molar-refractivity contribution in [2.24, 2.45) is 0 Å². The number of methoxy groups -OCH3 is 1. The van der Waals surface area contributed by atoms with Crippen molar-refractivity contribution in [1.29, 1.82) is 0 Å². The highest BCUT2D eigenvalue weighted by molar-refractivity contribution is 5.34. The van der Waals surface area contributed by atoms with Crippen LogP contribution in [0.2, 0.25) is 0 Å². The van der Waals surface area contributed by atoms with Crippen molar-refractivity contribution < 1.29 is 4.74 Å². The van der Waals surface area contributed by atoms with Gasteiger partial charge < -0.3 is 4.74 Å². The van der Waals surface area contributed by atoms with Gasteiger partial charge in [0.1, 0.15) is 5.75 Å². The van der Waals surface area contributed by atoms with E-state index in [0.717, 1.165) is 24.4 Å². The Kier molecular flexibility index (Phi) is 6.29. The maximum atomic E-state index is 5.18. The first-order chi connectivity index (χ1) is 10.8. The summed E-state index contributed by atoms with van der Waals surface area (Å²) in [6, 6.07) is 18.2. The van der Waals surface area contributed by atoms with E-state index < -0.39 is 0 Å². The van der Waals surface area contributed by atoms with Crippen LogP contribution in [-0.2, 0) is 6.54 Å². The van der Waals surface area contributed by atoms with Gasteiger partial charge in [-0.15, -0.1) is 6.58 Å². The molecule has 0 radical (unpaired) electrons. The highest BCUT2D eigenvalue weighted by Crippen LogP contribution is 2.12. The zero-order chi connectivity index (χ0) is 15.6. The second-order valence-electron chi connectivity index (χ2n) is 4.97. The molecule has 0 spiro atoms. The summed E-state index contributed by atoms with van der Waals surface area (Å²) in [4.78, 5) is 2.25. The lowest BCUT2D eigenvalue weighted by atomic mass is 10.2. The van der Waals surface area contributed by atoms with Crippen LogP contribution in [0.3, 0.4) is 0 Å². The summed E-state index contributed by atoms with van der Waals surface area (Å²) >= 11 is 0. The molecule has 0 heterocycles. The van der Waals surface area contributed by atoms with E-state index in [2.05, 4.69) is 35.5 Å². The molecule has 2 aromatic carbocycles. The summed E-state index contributed by atoms with van der Waals surface area (Å²) in [5.74, 6) is 7.30. The first kappa shape index (κ1) is 15.9. The average Bonchev–Trinajstić information content (AvgIpc) is 2.57. The van der Waals surface area contributed by atoms with Crippen molar-refractivity contribution in [3.8, 4) is 17.6 Å². The predicted octanol–water partition coefficient (Wildman–Crippen LogP) is 3.73. The summed E-state index contributed by atoms with van der Waals surface area (Å²) in [5, 5.41) is 0. The van der Waals surface area contributed by atoms with Gasteiger partial charge in [0.2, 0.25) is 0 Å². The molecule has 112 valence electrons. The first-order valence-corrected chi connectivity index (χ1v) is 7.32. The van der Waals surface area contributed by atoms with E-state index in [1.807, 2.05) is 48.5 Å². The van der Waals surface area contributed by atoms with E-state index in [-0.39, 0.29) is 0 Å². The molecule has 2 rings (SSSR count). The number of hydrogen-bond donors (Lipinski definition) is 0. The Morgan fingerprint density at radius 3 is 2.45 bits per heavy atom. The molecular formula is C20H21NO. The van der Waals surface area contributed by atoms with Gasteiger partial charge in [-0.3, -0.25) is 4.90 Å². The molecule has 0 aliphatic carbocycles. The molecule has 0 aliphatic rings. The third-order valence-corrected chi connectivity index (χ3v) is 3.26. The van der Waals surface area contributed by atoms with Crippen LogP contribution in [-0.4, -0.2) is 25.1 Å². The first-order valence-electron chi connectivity index (χ1n) is 7.32. The van der Waals surface area contributed by atoms with Crippen LogP contribution in [0.5, 0.6) is 5.75 Å². The van der Waals surface area contributed by atoms with E-state index in [9.17, 15) is 0 Å². The normalized spacial score (nSPS) is 9.91. The molecule has 0 bridgehead atoms. The van der Waals surface area contributed by atoms with Crippen LogP contribution in [0.4, 0.5) is 0 Å². The Labute approximate surface area is 133 Å². The van der Waals surface area contributed by atoms with Gasteiger partial charge in [-0.2, -0.15) is 0 Å². The maximum absolute atomic E-state index is 5.18. The minimum Gasteiger partial charge on any atom is -0.497 e. The molecule has 2 heteroatoms. The van der Waals surface area contributed by atoms with E-state index in [1.165, 1.54) is 5.56 Å². The molecule has 22 heavy (non-hydrogen) atoms. The van der Waals surface area contributed by atoms with Gasteiger partial charge in [-0.05, 0) is 29.8 Å². The fourth-order valence-corrected chi connectivity index (χ4v) is 2.13. The Balaban J connectivity index is 1.97. The molecule has 0 N–H and O–H groups in total. The maximum Gasteiger partial charge on any atom is 0.118 e. The standard InChI is InChI=1S/C20H21NO/c1-3-15-21(16-7-10-18-8-5-4-6-9-18)17-19-11-13-20(22-2)14-12-19/h3-6,8-9,11-14H,1,15-17H2,2H3. The van der Waals surface area contributed by atoms with E-state index >= 15 is 0 Å². The summed E-state index contributed by atoms with van der Waals surface area (Å²) in [7, 11) is 1.68. The SMILES string of the molecule is C=CCN(CC#Cc1ccccc1)Cc1ccc(OC)cc1. The highest BCUT2D eigenvalue weighted by atomic mass is 16.5. The number of benzene rings is 2. The largest absolute Gasteiger partial charge is 0.497 e. The van der Waals surface area contributed by atoms with Crippen molar-refractivity contribution >= 4 is 0 Å². The smallest absolute Gasteiger partial charge is 0.118 e. The van der Waals surface area contributed by atoms with Gasteiger partial charge in [0.15, 0.2) is 0 Å². The van der Waals surface area contributed by atoms with Crippen molar-refractivity contribution in [3.63, 3.8) is 0 Å². The van der Waals surface area contributed by atoms with Gasteiger partial charge in [0.25, 0.3) is 0 Å².